The Balaban J connectivity index is 1.78. The van der Waals surface area contributed by atoms with Crippen LogP contribution in [0.3, 0.4) is 0 Å². The van der Waals surface area contributed by atoms with Gasteiger partial charge in [0.05, 0.1) is 25.0 Å². The lowest BCUT2D eigenvalue weighted by molar-refractivity contribution is 0.00972. The summed E-state index contributed by atoms with van der Waals surface area (Å²) in [6.45, 7) is 4.44. The van der Waals surface area contributed by atoms with Gasteiger partial charge in [0.1, 0.15) is 0 Å². The van der Waals surface area contributed by atoms with Gasteiger partial charge in [-0.3, -0.25) is 4.98 Å². The number of aliphatic hydroxyl groups excluding tert-OH is 1. The van der Waals surface area contributed by atoms with Crippen LogP contribution in [0.15, 0.2) is 24.4 Å². The van der Waals surface area contributed by atoms with Gasteiger partial charge >= 0.3 is 0 Å². The number of aliphatic hydroxyl groups is 1. The zero-order valence-corrected chi connectivity index (χ0v) is 16.7. The standard InChI is InChI=1S/C22H39NO3/c1-2-3-4-5-6-7-8-9-10-13-17-25-20-22(24)15-18-26-19-21-14-11-12-16-23-21/h11-12,14,16,22,24H,2-10,13,15,17-20H2,1H3. The second kappa shape index (κ2) is 17.4. The van der Waals surface area contributed by atoms with E-state index in [1.165, 1.54) is 57.8 Å². The van der Waals surface area contributed by atoms with Gasteiger partial charge in [-0.25, -0.2) is 0 Å². The van der Waals surface area contributed by atoms with Gasteiger partial charge in [-0.15, -0.1) is 0 Å². The fourth-order valence-corrected chi connectivity index (χ4v) is 2.87. The molecular weight excluding hydrogens is 326 g/mol. The molecule has 0 saturated carbocycles. The zero-order chi connectivity index (χ0) is 18.7. The van der Waals surface area contributed by atoms with Crippen LogP contribution in [-0.4, -0.2) is 36.0 Å². The van der Waals surface area contributed by atoms with E-state index in [0.29, 0.717) is 26.2 Å². The van der Waals surface area contributed by atoms with Crippen LogP contribution in [0.4, 0.5) is 0 Å². The molecule has 1 rings (SSSR count). The van der Waals surface area contributed by atoms with E-state index in [4.69, 9.17) is 9.47 Å². The summed E-state index contributed by atoms with van der Waals surface area (Å²) >= 11 is 0. The van der Waals surface area contributed by atoms with E-state index < -0.39 is 6.10 Å². The predicted octanol–water partition coefficient (Wildman–Crippen LogP) is 5.29. The lowest BCUT2D eigenvalue weighted by Gasteiger charge is -2.11. The van der Waals surface area contributed by atoms with Crippen molar-refractivity contribution in [1.29, 1.82) is 0 Å². The van der Waals surface area contributed by atoms with Crippen LogP contribution in [0.1, 0.15) is 83.2 Å². The van der Waals surface area contributed by atoms with Crippen LogP contribution in [0.5, 0.6) is 0 Å². The Bertz CT molecular complexity index is 400. The van der Waals surface area contributed by atoms with Crippen LogP contribution in [0.2, 0.25) is 0 Å². The lowest BCUT2D eigenvalue weighted by atomic mass is 10.1. The van der Waals surface area contributed by atoms with E-state index in [1.807, 2.05) is 18.2 Å². The maximum Gasteiger partial charge on any atom is 0.0887 e. The first kappa shape index (κ1) is 23.1. The molecule has 0 saturated heterocycles. The maximum absolute atomic E-state index is 9.89. The summed E-state index contributed by atoms with van der Waals surface area (Å²) in [4.78, 5) is 4.20. The molecule has 4 heteroatoms. The summed E-state index contributed by atoms with van der Waals surface area (Å²) in [5.41, 5.74) is 0.916. The Hall–Kier alpha value is -0.970. The van der Waals surface area contributed by atoms with E-state index in [-0.39, 0.29) is 0 Å². The highest BCUT2D eigenvalue weighted by Crippen LogP contribution is 2.10. The minimum Gasteiger partial charge on any atom is -0.391 e. The Morgan fingerprint density at radius 1 is 0.885 bits per heavy atom. The van der Waals surface area contributed by atoms with Crippen molar-refractivity contribution in [2.24, 2.45) is 0 Å². The number of aromatic nitrogens is 1. The van der Waals surface area contributed by atoms with E-state index in [9.17, 15) is 5.11 Å². The third-order valence-corrected chi connectivity index (χ3v) is 4.52. The number of rotatable bonds is 18. The van der Waals surface area contributed by atoms with E-state index in [2.05, 4.69) is 11.9 Å². The van der Waals surface area contributed by atoms with Gasteiger partial charge < -0.3 is 14.6 Å². The van der Waals surface area contributed by atoms with Crippen LogP contribution in [0, 0.1) is 0 Å². The number of ether oxygens (including phenoxy) is 2. The van der Waals surface area contributed by atoms with Crippen molar-refractivity contribution in [2.45, 2.75) is 90.3 Å². The Kier molecular flexibility index (Phi) is 15.5. The van der Waals surface area contributed by atoms with Gasteiger partial charge in [0.25, 0.3) is 0 Å². The molecule has 0 aliphatic carbocycles. The molecule has 0 spiro atoms. The average Bonchev–Trinajstić information content (AvgIpc) is 2.67. The smallest absolute Gasteiger partial charge is 0.0887 e. The Morgan fingerprint density at radius 2 is 1.58 bits per heavy atom. The van der Waals surface area contributed by atoms with Crippen LogP contribution in [-0.2, 0) is 16.1 Å². The molecule has 0 radical (unpaired) electrons. The minimum atomic E-state index is -0.443. The Labute approximate surface area is 160 Å². The molecule has 1 aromatic rings. The monoisotopic (exact) mass is 365 g/mol. The molecule has 1 unspecified atom stereocenters. The van der Waals surface area contributed by atoms with Crippen molar-refractivity contribution < 1.29 is 14.6 Å². The third kappa shape index (κ3) is 14.2. The number of hydrogen-bond acceptors (Lipinski definition) is 4. The molecule has 0 amide bonds. The van der Waals surface area contributed by atoms with Crippen LogP contribution >= 0.6 is 0 Å². The van der Waals surface area contributed by atoms with E-state index in [1.54, 1.807) is 6.20 Å². The number of unbranched alkanes of at least 4 members (excludes halogenated alkanes) is 9. The van der Waals surface area contributed by atoms with Gasteiger partial charge in [-0.1, -0.05) is 70.8 Å². The summed E-state index contributed by atoms with van der Waals surface area (Å²) in [6, 6.07) is 5.77. The summed E-state index contributed by atoms with van der Waals surface area (Å²) < 4.78 is 11.1. The largest absolute Gasteiger partial charge is 0.391 e. The van der Waals surface area contributed by atoms with Crippen molar-refractivity contribution >= 4 is 0 Å². The summed E-state index contributed by atoms with van der Waals surface area (Å²) in [5, 5.41) is 9.89. The van der Waals surface area contributed by atoms with Crippen molar-refractivity contribution in [2.75, 3.05) is 19.8 Å². The quantitative estimate of drug-likeness (QED) is 0.359. The highest BCUT2D eigenvalue weighted by molar-refractivity contribution is 5.01. The molecule has 1 atom stereocenters. The van der Waals surface area contributed by atoms with E-state index in [0.717, 1.165) is 18.7 Å². The molecule has 1 aromatic heterocycles. The number of nitrogens with zero attached hydrogens (tertiary/aromatic N) is 1. The normalized spacial score (nSPS) is 12.4. The minimum absolute atomic E-state index is 0.407. The molecule has 4 nitrogen and oxygen atoms in total. The second-order valence-electron chi connectivity index (χ2n) is 7.07. The first-order chi connectivity index (χ1) is 12.8. The lowest BCUT2D eigenvalue weighted by Crippen LogP contribution is -2.18. The second-order valence-corrected chi connectivity index (χ2v) is 7.07. The molecule has 0 bridgehead atoms. The highest BCUT2D eigenvalue weighted by Gasteiger charge is 2.04. The first-order valence-corrected chi connectivity index (χ1v) is 10.6. The van der Waals surface area contributed by atoms with Crippen LogP contribution in [0.25, 0.3) is 0 Å². The summed E-state index contributed by atoms with van der Waals surface area (Å²) in [6.07, 6.45) is 15.2. The van der Waals surface area contributed by atoms with Crippen molar-refractivity contribution in [3.05, 3.63) is 30.1 Å². The predicted molar refractivity (Wildman–Crippen MR) is 107 cm³/mol. The van der Waals surface area contributed by atoms with Gasteiger partial charge in [0, 0.05) is 19.4 Å². The molecule has 1 N–H and O–H groups in total. The van der Waals surface area contributed by atoms with E-state index >= 15 is 0 Å². The zero-order valence-electron chi connectivity index (χ0n) is 16.7. The summed E-state index contributed by atoms with van der Waals surface area (Å²) in [7, 11) is 0. The molecule has 150 valence electrons. The molecule has 0 aliphatic heterocycles. The number of pyridine rings is 1. The molecule has 0 fully saturated rings. The molecule has 1 heterocycles. The van der Waals surface area contributed by atoms with Gasteiger partial charge in [0.15, 0.2) is 0 Å². The maximum atomic E-state index is 9.89. The van der Waals surface area contributed by atoms with Crippen molar-refractivity contribution in [1.82, 2.24) is 4.98 Å². The topological polar surface area (TPSA) is 51.6 Å². The Morgan fingerprint density at radius 3 is 2.23 bits per heavy atom. The van der Waals surface area contributed by atoms with Crippen molar-refractivity contribution in [3.63, 3.8) is 0 Å². The summed E-state index contributed by atoms with van der Waals surface area (Å²) in [5.74, 6) is 0. The number of hydrogen-bond donors (Lipinski definition) is 1. The van der Waals surface area contributed by atoms with Gasteiger partial charge in [0.2, 0.25) is 0 Å². The molecular formula is C22H39NO3. The molecule has 0 aromatic carbocycles. The highest BCUT2D eigenvalue weighted by atomic mass is 16.5. The average molecular weight is 366 g/mol. The fraction of sp³-hybridized carbons (Fsp3) is 0.773. The fourth-order valence-electron chi connectivity index (χ4n) is 2.87. The SMILES string of the molecule is CCCCCCCCCCCCOCC(O)CCOCc1ccccn1. The molecule has 26 heavy (non-hydrogen) atoms. The van der Waals surface area contributed by atoms with Gasteiger partial charge in [-0.2, -0.15) is 0 Å². The first-order valence-electron chi connectivity index (χ1n) is 10.6. The van der Waals surface area contributed by atoms with Gasteiger partial charge in [-0.05, 0) is 25.0 Å². The third-order valence-electron chi connectivity index (χ3n) is 4.52. The van der Waals surface area contributed by atoms with Crippen LogP contribution < -0.4 is 0 Å². The van der Waals surface area contributed by atoms with Crippen molar-refractivity contribution in [3.8, 4) is 0 Å². The molecule has 0 aliphatic rings.